The first-order chi connectivity index (χ1) is 15.8. The van der Waals surface area contributed by atoms with Crippen molar-refractivity contribution in [3.63, 3.8) is 0 Å². The number of nitrogens with zero attached hydrogens (tertiary/aromatic N) is 5. The molecule has 33 heavy (non-hydrogen) atoms. The number of aromatic nitrogens is 5. The summed E-state index contributed by atoms with van der Waals surface area (Å²) in [5.41, 5.74) is 3.33. The Morgan fingerprint density at radius 1 is 1.15 bits per heavy atom. The Balaban J connectivity index is 1.51. The summed E-state index contributed by atoms with van der Waals surface area (Å²) in [4.78, 5) is 31.7. The van der Waals surface area contributed by atoms with Crippen LogP contribution in [-0.2, 0) is 11.8 Å². The van der Waals surface area contributed by atoms with Crippen molar-refractivity contribution in [2.24, 2.45) is 18.9 Å². The molecular formula is C23H29N7O2S. The molecule has 1 saturated carbocycles. The summed E-state index contributed by atoms with van der Waals surface area (Å²) in [5.74, 6) is 0.527. The fourth-order valence-electron chi connectivity index (χ4n) is 4.44. The van der Waals surface area contributed by atoms with Gasteiger partial charge in [0.2, 0.25) is 5.91 Å². The molecule has 1 atom stereocenters. The molecule has 2 N–H and O–H groups in total. The number of amides is 2. The first kappa shape index (κ1) is 23.0. The van der Waals surface area contributed by atoms with Crippen LogP contribution in [-0.4, -0.2) is 42.2 Å². The molecule has 0 aromatic carbocycles. The molecule has 1 aliphatic carbocycles. The lowest BCUT2D eigenvalue weighted by Crippen LogP contribution is -2.49. The van der Waals surface area contributed by atoms with E-state index in [-0.39, 0.29) is 17.7 Å². The van der Waals surface area contributed by atoms with Gasteiger partial charge in [0.25, 0.3) is 5.91 Å². The van der Waals surface area contributed by atoms with Crippen molar-refractivity contribution in [2.45, 2.75) is 52.5 Å². The molecule has 1 aliphatic rings. The maximum absolute atomic E-state index is 13.3. The van der Waals surface area contributed by atoms with Crippen LogP contribution < -0.4 is 10.6 Å². The number of hydrogen-bond donors (Lipinski definition) is 2. The fraction of sp³-hybridized carbons (Fsp3) is 0.478. The van der Waals surface area contributed by atoms with Gasteiger partial charge in [-0.05, 0) is 62.2 Å². The van der Waals surface area contributed by atoms with Crippen LogP contribution in [0.5, 0.6) is 0 Å². The monoisotopic (exact) mass is 467 g/mol. The average molecular weight is 468 g/mol. The first-order valence-electron chi connectivity index (χ1n) is 11.2. The van der Waals surface area contributed by atoms with Crippen LogP contribution in [0.4, 0.5) is 5.82 Å². The Bertz CT molecular complexity index is 1110. The topological polar surface area (TPSA) is 115 Å². The Hall–Kier alpha value is -3.14. The first-order valence-corrected chi connectivity index (χ1v) is 12.0. The van der Waals surface area contributed by atoms with E-state index in [1.54, 1.807) is 19.3 Å². The van der Waals surface area contributed by atoms with Crippen molar-refractivity contribution in [1.29, 1.82) is 0 Å². The lowest BCUT2D eigenvalue weighted by Gasteiger charge is -2.32. The predicted molar refractivity (Wildman–Crippen MR) is 127 cm³/mol. The van der Waals surface area contributed by atoms with Crippen LogP contribution in [0.15, 0.2) is 24.5 Å². The van der Waals surface area contributed by atoms with Crippen LogP contribution >= 0.6 is 11.5 Å². The number of rotatable bonds is 6. The highest BCUT2D eigenvalue weighted by atomic mass is 32.1. The number of anilines is 1. The molecule has 4 rings (SSSR count). The van der Waals surface area contributed by atoms with Crippen molar-refractivity contribution >= 4 is 29.2 Å². The highest BCUT2D eigenvalue weighted by Gasteiger charge is 2.33. The Morgan fingerprint density at radius 3 is 2.48 bits per heavy atom. The lowest BCUT2D eigenvalue weighted by molar-refractivity contribution is -0.119. The second-order valence-electron chi connectivity index (χ2n) is 8.83. The summed E-state index contributed by atoms with van der Waals surface area (Å²) >= 11 is 1.47. The van der Waals surface area contributed by atoms with Gasteiger partial charge in [0, 0.05) is 29.2 Å². The van der Waals surface area contributed by atoms with Crippen LogP contribution in [0.3, 0.4) is 0 Å². The minimum atomic E-state index is -0.660. The highest BCUT2D eigenvalue weighted by molar-refractivity contribution is 7.06. The van der Waals surface area contributed by atoms with E-state index in [4.69, 9.17) is 0 Å². The summed E-state index contributed by atoms with van der Waals surface area (Å²) in [7, 11) is 1.65. The van der Waals surface area contributed by atoms with Gasteiger partial charge in [-0.25, -0.2) is 9.67 Å². The van der Waals surface area contributed by atoms with Crippen molar-refractivity contribution in [1.82, 2.24) is 29.7 Å². The third-order valence-electron chi connectivity index (χ3n) is 6.38. The fourth-order valence-corrected chi connectivity index (χ4v) is 5.16. The maximum Gasteiger partial charge on any atom is 0.271 e. The van der Waals surface area contributed by atoms with Crippen LogP contribution in [0.1, 0.15) is 53.7 Å². The zero-order valence-electron chi connectivity index (χ0n) is 19.3. The quantitative estimate of drug-likeness (QED) is 0.573. The number of pyridine rings is 1. The second-order valence-corrected chi connectivity index (χ2v) is 9.81. The van der Waals surface area contributed by atoms with Crippen molar-refractivity contribution in [3.8, 4) is 11.1 Å². The molecule has 1 unspecified atom stereocenters. The van der Waals surface area contributed by atoms with E-state index >= 15 is 0 Å². The molecule has 3 aromatic rings. The molecule has 0 radical (unpaired) electrons. The summed E-state index contributed by atoms with van der Waals surface area (Å²) in [6.45, 7) is 6.24. The molecule has 0 spiro atoms. The predicted octanol–water partition coefficient (Wildman–Crippen LogP) is 3.51. The molecule has 1 fully saturated rings. The number of aryl methyl sites for hydroxylation is 3. The van der Waals surface area contributed by atoms with Crippen LogP contribution in [0, 0.1) is 25.7 Å². The SMILES string of the molecule is Cc1nsc(C)c1-c1ccc(NC(=O)C(NC(=O)c2cnnn2C)[C@H]2CC[C@H](C)CC2)nc1. The molecule has 0 bridgehead atoms. The third-order valence-corrected chi connectivity index (χ3v) is 7.23. The normalized spacial score (nSPS) is 19.2. The van der Waals surface area contributed by atoms with E-state index in [1.807, 2.05) is 19.9 Å². The minimum absolute atomic E-state index is 0.0628. The molecule has 0 aliphatic heterocycles. The number of hydrogen-bond acceptors (Lipinski definition) is 7. The average Bonchev–Trinajstić information content (AvgIpc) is 3.38. The van der Waals surface area contributed by atoms with Gasteiger partial charge >= 0.3 is 0 Å². The van der Waals surface area contributed by atoms with E-state index in [0.717, 1.165) is 47.4 Å². The zero-order valence-corrected chi connectivity index (χ0v) is 20.1. The second kappa shape index (κ2) is 9.78. The molecule has 3 heterocycles. The van der Waals surface area contributed by atoms with Crippen molar-refractivity contribution in [2.75, 3.05) is 5.32 Å². The standard InChI is InChI=1S/C23H29N7O2S/c1-13-5-7-16(8-6-13)21(27-22(31)18-12-25-29-30(18)4)23(32)26-19-10-9-17(11-24-19)20-14(2)28-33-15(20)3/h9-13,16,21H,5-8H2,1-4H3,(H,27,31)(H,24,26,32)/t13-,16-,21?. The molecule has 174 valence electrons. The zero-order chi connectivity index (χ0) is 23.5. The van der Waals surface area contributed by atoms with Crippen molar-refractivity contribution in [3.05, 3.63) is 40.8 Å². The summed E-state index contributed by atoms with van der Waals surface area (Å²) in [6.07, 6.45) is 7.00. The lowest BCUT2D eigenvalue weighted by atomic mass is 9.79. The summed E-state index contributed by atoms with van der Waals surface area (Å²) in [5, 5.41) is 13.4. The van der Waals surface area contributed by atoms with Gasteiger partial charge in [0.05, 0.1) is 11.9 Å². The minimum Gasteiger partial charge on any atom is -0.339 e. The number of nitrogens with one attached hydrogen (secondary N) is 2. The smallest absolute Gasteiger partial charge is 0.271 e. The Labute approximate surface area is 197 Å². The van der Waals surface area contributed by atoms with E-state index in [9.17, 15) is 9.59 Å². The van der Waals surface area contributed by atoms with Gasteiger partial charge in [-0.15, -0.1) is 5.10 Å². The van der Waals surface area contributed by atoms with Gasteiger partial charge < -0.3 is 10.6 Å². The van der Waals surface area contributed by atoms with Crippen LogP contribution in [0.25, 0.3) is 11.1 Å². The molecular weight excluding hydrogens is 438 g/mol. The molecule has 3 aromatic heterocycles. The maximum atomic E-state index is 13.3. The van der Waals surface area contributed by atoms with Gasteiger partial charge in [-0.3, -0.25) is 9.59 Å². The van der Waals surface area contributed by atoms with E-state index in [2.05, 4.69) is 37.2 Å². The van der Waals surface area contributed by atoms with E-state index < -0.39 is 6.04 Å². The molecule has 0 saturated heterocycles. The molecule has 10 heteroatoms. The largest absolute Gasteiger partial charge is 0.339 e. The number of carbonyl (C=O) groups is 2. The summed E-state index contributed by atoms with van der Waals surface area (Å²) < 4.78 is 5.79. The molecule has 2 amide bonds. The van der Waals surface area contributed by atoms with E-state index in [1.165, 1.54) is 22.4 Å². The van der Waals surface area contributed by atoms with E-state index in [0.29, 0.717) is 17.4 Å². The van der Waals surface area contributed by atoms with Gasteiger partial charge in [0.15, 0.2) is 0 Å². The van der Waals surface area contributed by atoms with Crippen molar-refractivity contribution < 1.29 is 9.59 Å². The highest BCUT2D eigenvalue weighted by Crippen LogP contribution is 2.32. The third kappa shape index (κ3) is 5.11. The molecule has 9 nitrogen and oxygen atoms in total. The van der Waals surface area contributed by atoms with Crippen LogP contribution in [0.2, 0.25) is 0 Å². The Morgan fingerprint density at radius 2 is 1.91 bits per heavy atom. The van der Waals surface area contributed by atoms with Gasteiger partial charge in [0.1, 0.15) is 17.6 Å². The van der Waals surface area contributed by atoms with Gasteiger partial charge in [-0.1, -0.05) is 25.0 Å². The Kier molecular flexibility index (Phi) is 6.83. The van der Waals surface area contributed by atoms with Gasteiger partial charge in [-0.2, -0.15) is 4.37 Å². The number of carbonyl (C=O) groups excluding carboxylic acids is 2. The summed E-state index contributed by atoms with van der Waals surface area (Å²) in [6, 6.07) is 3.06.